The van der Waals surface area contributed by atoms with E-state index in [9.17, 15) is 22.8 Å². The monoisotopic (exact) mass is 756 g/mol. The first-order chi connectivity index (χ1) is 25.6. The van der Waals surface area contributed by atoms with Crippen molar-refractivity contribution in [3.8, 4) is 28.4 Å². The van der Waals surface area contributed by atoms with Crippen molar-refractivity contribution in [2.75, 3.05) is 46.4 Å². The first-order valence-corrected chi connectivity index (χ1v) is 19.0. The van der Waals surface area contributed by atoms with Crippen molar-refractivity contribution < 1.29 is 37.0 Å². The maximum Gasteiger partial charge on any atom is 0.410 e. The van der Waals surface area contributed by atoms with E-state index in [1.54, 1.807) is 65.7 Å². The molecule has 1 saturated heterocycles. The van der Waals surface area contributed by atoms with Gasteiger partial charge in [-0.1, -0.05) is 23.8 Å². The molecule has 0 aliphatic carbocycles. The fourth-order valence-corrected chi connectivity index (χ4v) is 7.52. The number of nitrogens with zero attached hydrogens (tertiary/aromatic N) is 4. The molecule has 5 aromatic rings. The second-order valence-corrected chi connectivity index (χ2v) is 15.9. The van der Waals surface area contributed by atoms with Crippen LogP contribution in [0.15, 0.2) is 94.9 Å². The maximum atomic E-state index is 13.8. The number of aromatic nitrogens is 2. The van der Waals surface area contributed by atoms with Crippen molar-refractivity contribution >= 4 is 33.0 Å². The van der Waals surface area contributed by atoms with Gasteiger partial charge in [-0.05, 0) is 76.2 Å². The van der Waals surface area contributed by atoms with Crippen molar-refractivity contribution in [1.29, 1.82) is 0 Å². The molecule has 0 unspecified atom stereocenters. The van der Waals surface area contributed by atoms with Gasteiger partial charge >= 0.3 is 12.1 Å². The number of benzene rings is 3. The van der Waals surface area contributed by atoms with Gasteiger partial charge in [0.05, 0.1) is 17.6 Å². The summed E-state index contributed by atoms with van der Waals surface area (Å²) in [7, 11) is -1.32. The molecule has 2 aromatic heterocycles. The summed E-state index contributed by atoms with van der Waals surface area (Å²) >= 11 is 0. The highest BCUT2D eigenvalue weighted by Crippen LogP contribution is 2.39. The number of pyridine rings is 1. The molecule has 284 valence electrons. The van der Waals surface area contributed by atoms with E-state index in [0.717, 1.165) is 9.54 Å². The minimum Gasteiger partial charge on any atom is -0.492 e. The molecule has 0 atom stereocenters. The lowest BCUT2D eigenvalue weighted by Gasteiger charge is -2.35. The topological polar surface area (TPSA) is 139 Å². The second-order valence-electron chi connectivity index (χ2n) is 14.1. The maximum absolute atomic E-state index is 13.8. The Labute approximate surface area is 314 Å². The number of hydrogen-bond acceptors (Lipinski definition) is 10. The fraction of sp³-hybridized carbons (Fsp3) is 0.325. The number of methoxy groups -OCH3 is 1. The lowest BCUT2D eigenvalue weighted by atomic mass is 10.00. The Morgan fingerprint density at radius 1 is 0.870 bits per heavy atom. The van der Waals surface area contributed by atoms with Crippen LogP contribution in [0, 0.1) is 6.92 Å². The summed E-state index contributed by atoms with van der Waals surface area (Å²) in [6.07, 6.45) is 2.64. The van der Waals surface area contributed by atoms with Crippen molar-refractivity contribution in [3.63, 3.8) is 0 Å². The molecule has 1 fully saturated rings. The standard InChI is InChI=1S/C40H44N4O9S/c1-27-10-13-31(14-11-27)54(48,49)44-17-16-32-34(26-41(5)37(45)36(32)44)33-24-28(38(46)50-6)12-15-35(33)52-30-9-7-8-29(25-30)51-23-22-42-18-20-43(21-19-42)39(47)53-40(2,3)4/h7-17,24-26H,18-23H2,1-6H3. The van der Waals surface area contributed by atoms with Gasteiger partial charge in [0.2, 0.25) is 0 Å². The Bertz CT molecular complexity index is 2350. The van der Waals surface area contributed by atoms with Crippen LogP contribution in [0.25, 0.3) is 22.0 Å². The summed E-state index contributed by atoms with van der Waals surface area (Å²) in [5.41, 5.74) is 0.917. The SMILES string of the molecule is COC(=O)c1ccc(Oc2cccc(OCCN3CCN(C(=O)OC(C)(C)C)CC3)c2)c(-c2cn(C)c(=O)c3c2ccn3S(=O)(=O)c2ccc(C)cc2)c1. The second kappa shape index (κ2) is 15.4. The molecule has 54 heavy (non-hydrogen) atoms. The van der Waals surface area contributed by atoms with Crippen LogP contribution in [-0.2, 0) is 26.5 Å². The molecule has 3 aromatic carbocycles. The van der Waals surface area contributed by atoms with Crippen molar-refractivity contribution in [1.82, 2.24) is 18.3 Å². The molecule has 1 aliphatic rings. The zero-order chi connectivity index (χ0) is 38.8. The number of hydrogen-bond donors (Lipinski definition) is 0. The number of piperazine rings is 1. The van der Waals surface area contributed by atoms with Crippen LogP contribution in [0.1, 0.15) is 36.7 Å². The van der Waals surface area contributed by atoms with Gasteiger partial charge in [-0.25, -0.2) is 22.0 Å². The van der Waals surface area contributed by atoms with Crippen LogP contribution in [0.3, 0.4) is 0 Å². The van der Waals surface area contributed by atoms with Gasteiger partial charge in [-0.3, -0.25) is 9.69 Å². The number of esters is 1. The summed E-state index contributed by atoms with van der Waals surface area (Å²) in [5, 5.41) is 0.352. The van der Waals surface area contributed by atoms with E-state index >= 15 is 0 Å². The molecule has 0 spiro atoms. The van der Waals surface area contributed by atoms with Gasteiger partial charge in [0.1, 0.15) is 35.0 Å². The third-order valence-electron chi connectivity index (χ3n) is 8.99. The minimum atomic E-state index is -4.13. The van der Waals surface area contributed by atoms with Crippen LogP contribution < -0.4 is 15.0 Å². The van der Waals surface area contributed by atoms with Gasteiger partial charge in [-0.15, -0.1) is 0 Å². The van der Waals surface area contributed by atoms with E-state index in [2.05, 4.69) is 4.90 Å². The molecule has 14 heteroatoms. The van der Waals surface area contributed by atoms with Gasteiger partial charge in [0.25, 0.3) is 15.6 Å². The fourth-order valence-electron chi connectivity index (χ4n) is 6.17. The highest BCUT2D eigenvalue weighted by atomic mass is 32.2. The largest absolute Gasteiger partial charge is 0.492 e. The molecule has 0 radical (unpaired) electrons. The molecule has 6 rings (SSSR count). The average molecular weight is 757 g/mol. The Hall–Kier alpha value is -5.60. The molecule has 0 N–H and O–H groups in total. The number of aryl methyl sites for hydroxylation is 2. The number of fused-ring (bicyclic) bond motifs is 1. The molecule has 0 saturated carbocycles. The molecular weight excluding hydrogens is 713 g/mol. The van der Waals surface area contributed by atoms with Crippen molar-refractivity contribution in [2.24, 2.45) is 7.05 Å². The van der Waals surface area contributed by atoms with E-state index in [-0.39, 0.29) is 22.1 Å². The Morgan fingerprint density at radius 3 is 2.26 bits per heavy atom. The predicted octanol–water partition coefficient (Wildman–Crippen LogP) is 6.06. The van der Waals surface area contributed by atoms with Crippen LogP contribution >= 0.6 is 0 Å². The third-order valence-corrected chi connectivity index (χ3v) is 10.7. The predicted molar refractivity (Wildman–Crippen MR) is 204 cm³/mol. The van der Waals surface area contributed by atoms with Crippen molar-refractivity contribution in [3.05, 3.63) is 107 Å². The molecule has 3 heterocycles. The van der Waals surface area contributed by atoms with Crippen LogP contribution in [0.2, 0.25) is 0 Å². The van der Waals surface area contributed by atoms with Crippen molar-refractivity contribution in [2.45, 2.75) is 38.2 Å². The lowest BCUT2D eigenvalue weighted by Crippen LogP contribution is -2.50. The van der Waals surface area contributed by atoms with E-state index in [1.807, 2.05) is 33.8 Å². The average Bonchev–Trinajstić information content (AvgIpc) is 3.60. The van der Waals surface area contributed by atoms with E-state index in [1.165, 1.54) is 37.1 Å². The van der Waals surface area contributed by atoms with Gasteiger partial charge < -0.3 is 28.4 Å². The molecule has 13 nitrogen and oxygen atoms in total. The summed E-state index contributed by atoms with van der Waals surface area (Å²) in [4.78, 5) is 42.7. The number of amides is 1. The summed E-state index contributed by atoms with van der Waals surface area (Å²) in [5.74, 6) is 0.795. The Kier molecular flexibility index (Phi) is 10.9. The summed E-state index contributed by atoms with van der Waals surface area (Å²) in [6.45, 7) is 11.0. The van der Waals surface area contributed by atoms with E-state index in [4.69, 9.17) is 18.9 Å². The minimum absolute atomic E-state index is 0.0395. The van der Waals surface area contributed by atoms with Crippen LogP contribution in [0.5, 0.6) is 17.2 Å². The highest BCUT2D eigenvalue weighted by Gasteiger charge is 2.27. The quantitative estimate of drug-likeness (QED) is 0.155. The number of carbonyl (C=O) groups excluding carboxylic acids is 2. The third kappa shape index (κ3) is 8.29. The first kappa shape index (κ1) is 38.1. The van der Waals surface area contributed by atoms with Gasteiger partial charge in [0.15, 0.2) is 0 Å². The lowest BCUT2D eigenvalue weighted by molar-refractivity contribution is 0.0136. The zero-order valence-electron chi connectivity index (χ0n) is 31.2. The zero-order valence-corrected chi connectivity index (χ0v) is 32.0. The number of carbonyl (C=O) groups is 2. The van der Waals surface area contributed by atoms with Crippen LogP contribution in [0.4, 0.5) is 4.79 Å². The molecular formula is C40H44N4O9S. The van der Waals surface area contributed by atoms with E-state index < -0.39 is 27.2 Å². The Morgan fingerprint density at radius 2 is 1.57 bits per heavy atom. The van der Waals surface area contributed by atoms with Crippen LogP contribution in [-0.4, -0.2) is 90.9 Å². The number of rotatable bonds is 10. The van der Waals surface area contributed by atoms with Gasteiger partial charge in [0, 0.05) is 74.7 Å². The molecule has 1 amide bonds. The Balaban J connectivity index is 1.25. The highest BCUT2D eigenvalue weighted by molar-refractivity contribution is 7.90. The summed E-state index contributed by atoms with van der Waals surface area (Å²) in [6, 6.07) is 19.9. The van der Waals surface area contributed by atoms with E-state index in [0.29, 0.717) is 73.1 Å². The normalized spacial score (nSPS) is 13.9. The number of ether oxygens (including phenoxy) is 4. The smallest absolute Gasteiger partial charge is 0.410 e. The summed E-state index contributed by atoms with van der Waals surface area (Å²) < 4.78 is 52.9. The van der Waals surface area contributed by atoms with Gasteiger partial charge in [-0.2, -0.15) is 0 Å². The molecule has 0 bridgehead atoms. The molecule has 1 aliphatic heterocycles. The first-order valence-electron chi connectivity index (χ1n) is 17.5.